The van der Waals surface area contributed by atoms with Crippen LogP contribution in [0.3, 0.4) is 0 Å². The summed E-state index contributed by atoms with van der Waals surface area (Å²) in [6, 6.07) is 11.0. The Bertz CT molecular complexity index is 975. The fourth-order valence-corrected chi connectivity index (χ4v) is 4.58. The lowest BCUT2D eigenvalue weighted by molar-refractivity contribution is 0.469. The van der Waals surface area contributed by atoms with Crippen molar-refractivity contribution < 1.29 is 0 Å². The molecular formula is C21H23ClN6. The van der Waals surface area contributed by atoms with Crippen LogP contribution >= 0.6 is 11.6 Å². The maximum Gasteiger partial charge on any atom is 0.151 e. The van der Waals surface area contributed by atoms with Gasteiger partial charge in [-0.15, -0.1) is 10.2 Å². The number of halogens is 1. The standard InChI is InChI=1S/C21H23ClN6/c1-26-14-16(13-23-26)19-3-5-21(25-24-19)27-9-7-18(8-10-27)28-11-6-15-12-17(22)2-4-20(15)28/h2-5,12-14,18H,6-11H2,1H3. The smallest absolute Gasteiger partial charge is 0.151 e. The summed E-state index contributed by atoms with van der Waals surface area (Å²) < 4.78 is 1.78. The first kappa shape index (κ1) is 17.5. The van der Waals surface area contributed by atoms with Crippen molar-refractivity contribution in [2.75, 3.05) is 29.4 Å². The Balaban J connectivity index is 1.24. The summed E-state index contributed by atoms with van der Waals surface area (Å²) in [4.78, 5) is 4.91. The van der Waals surface area contributed by atoms with Gasteiger partial charge in [-0.05, 0) is 55.2 Å². The van der Waals surface area contributed by atoms with Gasteiger partial charge in [-0.1, -0.05) is 11.6 Å². The molecule has 144 valence electrons. The van der Waals surface area contributed by atoms with Gasteiger partial charge in [-0.2, -0.15) is 5.10 Å². The second-order valence-electron chi connectivity index (χ2n) is 7.61. The number of anilines is 2. The van der Waals surface area contributed by atoms with Gasteiger partial charge in [-0.3, -0.25) is 4.68 Å². The van der Waals surface area contributed by atoms with E-state index < -0.39 is 0 Å². The van der Waals surface area contributed by atoms with E-state index in [9.17, 15) is 0 Å². The molecule has 0 spiro atoms. The van der Waals surface area contributed by atoms with Crippen molar-refractivity contribution in [1.29, 1.82) is 0 Å². The molecule has 0 unspecified atom stereocenters. The van der Waals surface area contributed by atoms with Crippen LogP contribution in [0.25, 0.3) is 11.3 Å². The molecule has 0 amide bonds. The Hall–Kier alpha value is -2.60. The van der Waals surface area contributed by atoms with Crippen molar-refractivity contribution in [2.24, 2.45) is 7.05 Å². The molecule has 2 aromatic heterocycles. The van der Waals surface area contributed by atoms with E-state index in [2.05, 4.69) is 43.3 Å². The lowest BCUT2D eigenvalue weighted by atomic mass is 10.0. The summed E-state index contributed by atoms with van der Waals surface area (Å²) in [7, 11) is 1.91. The van der Waals surface area contributed by atoms with E-state index >= 15 is 0 Å². The third-order valence-electron chi connectivity index (χ3n) is 5.85. The Kier molecular flexibility index (Phi) is 4.43. The molecule has 2 aliphatic rings. The van der Waals surface area contributed by atoms with E-state index in [1.165, 1.54) is 11.3 Å². The minimum Gasteiger partial charge on any atom is -0.368 e. The second-order valence-corrected chi connectivity index (χ2v) is 8.05. The lowest BCUT2D eigenvalue weighted by Gasteiger charge is -2.38. The highest BCUT2D eigenvalue weighted by Gasteiger charge is 2.29. The minimum absolute atomic E-state index is 0.585. The van der Waals surface area contributed by atoms with Crippen molar-refractivity contribution in [3.05, 3.63) is 53.3 Å². The van der Waals surface area contributed by atoms with Crippen LogP contribution in [0.15, 0.2) is 42.7 Å². The van der Waals surface area contributed by atoms with Crippen LogP contribution in [0.4, 0.5) is 11.5 Å². The summed E-state index contributed by atoms with van der Waals surface area (Å²) >= 11 is 6.15. The van der Waals surface area contributed by atoms with Gasteiger partial charge in [0.05, 0.1) is 11.9 Å². The van der Waals surface area contributed by atoms with Crippen LogP contribution in [0.2, 0.25) is 5.02 Å². The zero-order valence-corrected chi connectivity index (χ0v) is 16.7. The average Bonchev–Trinajstić information content (AvgIpc) is 3.34. The summed E-state index contributed by atoms with van der Waals surface area (Å²) in [6.07, 6.45) is 7.13. The average molecular weight is 395 g/mol. The van der Waals surface area contributed by atoms with Crippen LogP contribution < -0.4 is 9.80 Å². The third-order valence-corrected chi connectivity index (χ3v) is 6.09. The number of hydrogen-bond acceptors (Lipinski definition) is 5. The Morgan fingerprint density at radius 2 is 1.89 bits per heavy atom. The maximum atomic E-state index is 6.15. The van der Waals surface area contributed by atoms with Gasteiger partial charge in [0.15, 0.2) is 5.82 Å². The summed E-state index contributed by atoms with van der Waals surface area (Å²) in [5.41, 5.74) is 4.60. The molecule has 7 heteroatoms. The number of rotatable bonds is 3. The molecule has 1 fully saturated rings. The van der Waals surface area contributed by atoms with E-state index in [1.54, 1.807) is 4.68 Å². The zero-order chi connectivity index (χ0) is 19.1. The normalized spacial score (nSPS) is 17.2. The van der Waals surface area contributed by atoms with Crippen molar-refractivity contribution >= 4 is 23.1 Å². The number of nitrogens with zero attached hydrogens (tertiary/aromatic N) is 6. The molecule has 2 aliphatic heterocycles. The van der Waals surface area contributed by atoms with E-state index in [0.29, 0.717) is 6.04 Å². The van der Waals surface area contributed by atoms with Gasteiger partial charge in [-0.25, -0.2) is 0 Å². The van der Waals surface area contributed by atoms with Crippen molar-refractivity contribution in [2.45, 2.75) is 25.3 Å². The van der Waals surface area contributed by atoms with E-state index in [-0.39, 0.29) is 0 Å². The van der Waals surface area contributed by atoms with Crippen LogP contribution in [0, 0.1) is 0 Å². The summed E-state index contributed by atoms with van der Waals surface area (Å²) in [5.74, 6) is 0.958. The lowest BCUT2D eigenvalue weighted by Crippen LogP contribution is -2.44. The predicted molar refractivity (Wildman–Crippen MR) is 112 cm³/mol. The highest BCUT2D eigenvalue weighted by molar-refractivity contribution is 6.30. The zero-order valence-electron chi connectivity index (χ0n) is 15.9. The molecular weight excluding hydrogens is 372 g/mol. The summed E-state index contributed by atoms with van der Waals surface area (Å²) in [5, 5.41) is 13.9. The topological polar surface area (TPSA) is 50.1 Å². The molecule has 5 rings (SSSR count). The van der Waals surface area contributed by atoms with E-state index in [0.717, 1.165) is 61.0 Å². The van der Waals surface area contributed by atoms with Crippen LogP contribution in [0.1, 0.15) is 18.4 Å². The quantitative estimate of drug-likeness (QED) is 0.679. The van der Waals surface area contributed by atoms with Gasteiger partial charge in [0.1, 0.15) is 0 Å². The molecule has 4 heterocycles. The minimum atomic E-state index is 0.585. The molecule has 0 bridgehead atoms. The number of aromatic nitrogens is 4. The fourth-order valence-electron chi connectivity index (χ4n) is 4.38. The SMILES string of the molecule is Cn1cc(-c2ccc(N3CCC(N4CCc5cc(Cl)ccc54)CC3)nn2)cn1. The van der Waals surface area contributed by atoms with Gasteiger partial charge in [0, 0.05) is 55.2 Å². The molecule has 28 heavy (non-hydrogen) atoms. The number of aryl methyl sites for hydroxylation is 1. The molecule has 1 aromatic carbocycles. The number of fused-ring (bicyclic) bond motifs is 1. The van der Waals surface area contributed by atoms with E-state index in [1.807, 2.05) is 31.6 Å². The molecule has 0 N–H and O–H groups in total. The monoisotopic (exact) mass is 394 g/mol. The van der Waals surface area contributed by atoms with Gasteiger partial charge >= 0.3 is 0 Å². The molecule has 3 aromatic rings. The molecule has 1 saturated heterocycles. The number of benzene rings is 1. The van der Waals surface area contributed by atoms with Gasteiger partial charge < -0.3 is 9.80 Å². The van der Waals surface area contributed by atoms with E-state index in [4.69, 9.17) is 11.6 Å². The van der Waals surface area contributed by atoms with Crippen LogP contribution in [-0.4, -0.2) is 45.7 Å². The van der Waals surface area contributed by atoms with Gasteiger partial charge in [0.2, 0.25) is 0 Å². The highest BCUT2D eigenvalue weighted by atomic mass is 35.5. The van der Waals surface area contributed by atoms with Crippen molar-refractivity contribution in [3.8, 4) is 11.3 Å². The Labute approximate surface area is 169 Å². The maximum absolute atomic E-state index is 6.15. The molecule has 0 radical (unpaired) electrons. The fraction of sp³-hybridized carbons (Fsp3) is 0.381. The Morgan fingerprint density at radius 1 is 1.04 bits per heavy atom. The molecule has 0 saturated carbocycles. The number of piperidine rings is 1. The molecule has 0 atom stereocenters. The molecule has 6 nitrogen and oxygen atoms in total. The summed E-state index contributed by atoms with van der Waals surface area (Å²) in [6.45, 7) is 3.11. The Morgan fingerprint density at radius 3 is 2.61 bits per heavy atom. The van der Waals surface area contributed by atoms with Crippen molar-refractivity contribution in [3.63, 3.8) is 0 Å². The highest BCUT2D eigenvalue weighted by Crippen LogP contribution is 2.34. The third kappa shape index (κ3) is 3.22. The number of hydrogen-bond donors (Lipinski definition) is 0. The first-order valence-electron chi connectivity index (χ1n) is 9.80. The van der Waals surface area contributed by atoms with Crippen LogP contribution in [0.5, 0.6) is 0 Å². The second kappa shape index (κ2) is 7.09. The largest absolute Gasteiger partial charge is 0.368 e. The first-order valence-corrected chi connectivity index (χ1v) is 10.2. The van der Waals surface area contributed by atoms with Gasteiger partial charge in [0.25, 0.3) is 0 Å². The van der Waals surface area contributed by atoms with Crippen molar-refractivity contribution in [1.82, 2.24) is 20.0 Å². The first-order chi connectivity index (χ1) is 13.7. The predicted octanol–water partition coefficient (Wildman–Crippen LogP) is 3.56. The van der Waals surface area contributed by atoms with Crippen LogP contribution in [-0.2, 0) is 13.5 Å². The molecule has 0 aliphatic carbocycles.